The molecule has 0 aliphatic rings. The molecule has 0 saturated carbocycles. The summed E-state index contributed by atoms with van der Waals surface area (Å²) in [6, 6.07) is 0.144. The molecule has 1 aromatic rings. The zero-order valence-electron chi connectivity index (χ0n) is 8.04. The Kier molecular flexibility index (Phi) is 2.87. The number of hydrogen-bond acceptors (Lipinski definition) is 2. The molecule has 0 unspecified atom stereocenters. The zero-order chi connectivity index (χ0) is 9.14. The van der Waals surface area contributed by atoms with Crippen molar-refractivity contribution in [1.82, 2.24) is 9.78 Å². The van der Waals surface area contributed by atoms with Crippen molar-refractivity contribution >= 4 is 0 Å². The Morgan fingerprint density at radius 3 is 2.67 bits per heavy atom. The summed E-state index contributed by atoms with van der Waals surface area (Å²) in [5.74, 6) is 0. The van der Waals surface area contributed by atoms with Crippen LogP contribution in [0, 0.1) is 6.92 Å². The molecule has 1 atom stereocenters. The SMILES string of the molecule is CC[C@H](N)c1cnn(CC)c1C. The van der Waals surface area contributed by atoms with Gasteiger partial charge in [-0.3, -0.25) is 4.68 Å². The Morgan fingerprint density at radius 2 is 2.25 bits per heavy atom. The summed E-state index contributed by atoms with van der Waals surface area (Å²) in [6.45, 7) is 7.16. The summed E-state index contributed by atoms with van der Waals surface area (Å²) in [7, 11) is 0. The van der Waals surface area contributed by atoms with Crippen LogP contribution in [0.15, 0.2) is 6.20 Å². The Balaban J connectivity index is 2.93. The summed E-state index contributed by atoms with van der Waals surface area (Å²) >= 11 is 0. The van der Waals surface area contributed by atoms with Crippen molar-refractivity contribution in [2.45, 2.75) is 39.8 Å². The van der Waals surface area contributed by atoms with Gasteiger partial charge in [0.25, 0.3) is 0 Å². The van der Waals surface area contributed by atoms with Gasteiger partial charge in [0, 0.05) is 23.8 Å². The lowest BCUT2D eigenvalue weighted by atomic mass is 10.1. The number of nitrogens with zero attached hydrogens (tertiary/aromatic N) is 2. The molecule has 0 spiro atoms. The highest BCUT2D eigenvalue weighted by molar-refractivity contribution is 5.19. The maximum absolute atomic E-state index is 5.91. The van der Waals surface area contributed by atoms with Crippen molar-refractivity contribution in [3.63, 3.8) is 0 Å². The van der Waals surface area contributed by atoms with E-state index in [2.05, 4.69) is 25.9 Å². The van der Waals surface area contributed by atoms with Crippen LogP contribution in [-0.4, -0.2) is 9.78 Å². The molecular formula is C9H17N3. The van der Waals surface area contributed by atoms with Gasteiger partial charge in [0.2, 0.25) is 0 Å². The van der Waals surface area contributed by atoms with Gasteiger partial charge >= 0.3 is 0 Å². The van der Waals surface area contributed by atoms with Crippen LogP contribution < -0.4 is 5.73 Å². The molecule has 0 fully saturated rings. The van der Waals surface area contributed by atoms with Crippen LogP contribution in [0.1, 0.15) is 37.6 Å². The lowest BCUT2D eigenvalue weighted by Crippen LogP contribution is -2.10. The fourth-order valence-corrected chi connectivity index (χ4v) is 1.36. The van der Waals surface area contributed by atoms with E-state index < -0.39 is 0 Å². The van der Waals surface area contributed by atoms with E-state index in [1.165, 1.54) is 11.3 Å². The van der Waals surface area contributed by atoms with Crippen LogP contribution in [0.2, 0.25) is 0 Å². The van der Waals surface area contributed by atoms with Gasteiger partial charge in [-0.05, 0) is 20.3 Å². The second-order valence-electron chi connectivity index (χ2n) is 3.02. The van der Waals surface area contributed by atoms with Gasteiger partial charge in [-0.2, -0.15) is 5.10 Å². The molecular weight excluding hydrogens is 150 g/mol. The third-order valence-electron chi connectivity index (χ3n) is 2.28. The Hall–Kier alpha value is -0.830. The van der Waals surface area contributed by atoms with Gasteiger partial charge in [0.05, 0.1) is 6.20 Å². The highest BCUT2D eigenvalue weighted by Gasteiger charge is 2.10. The molecule has 0 aliphatic heterocycles. The van der Waals surface area contributed by atoms with Crippen LogP contribution in [0.4, 0.5) is 0 Å². The number of hydrogen-bond donors (Lipinski definition) is 1. The normalized spacial score (nSPS) is 13.3. The molecule has 12 heavy (non-hydrogen) atoms. The van der Waals surface area contributed by atoms with Crippen LogP contribution in [0.25, 0.3) is 0 Å². The maximum Gasteiger partial charge on any atom is 0.0540 e. The van der Waals surface area contributed by atoms with Crippen molar-refractivity contribution < 1.29 is 0 Å². The molecule has 0 bridgehead atoms. The first kappa shape index (κ1) is 9.26. The van der Waals surface area contributed by atoms with Gasteiger partial charge in [-0.15, -0.1) is 0 Å². The number of aryl methyl sites for hydroxylation is 1. The van der Waals surface area contributed by atoms with E-state index in [0.717, 1.165) is 13.0 Å². The quantitative estimate of drug-likeness (QED) is 0.743. The molecule has 0 aliphatic carbocycles. The van der Waals surface area contributed by atoms with Crippen molar-refractivity contribution in [3.8, 4) is 0 Å². The Bertz CT molecular complexity index is 252. The summed E-state index contributed by atoms with van der Waals surface area (Å²) in [6.07, 6.45) is 2.85. The molecule has 0 amide bonds. The molecule has 2 N–H and O–H groups in total. The topological polar surface area (TPSA) is 43.8 Å². The van der Waals surface area contributed by atoms with Gasteiger partial charge in [-0.25, -0.2) is 0 Å². The largest absolute Gasteiger partial charge is 0.324 e. The van der Waals surface area contributed by atoms with Crippen LogP contribution in [0.5, 0.6) is 0 Å². The van der Waals surface area contributed by atoms with E-state index in [-0.39, 0.29) is 6.04 Å². The highest BCUT2D eigenvalue weighted by Crippen LogP contribution is 2.17. The first-order valence-corrected chi connectivity index (χ1v) is 4.48. The fourth-order valence-electron chi connectivity index (χ4n) is 1.36. The third kappa shape index (κ3) is 1.50. The number of rotatable bonds is 3. The maximum atomic E-state index is 5.91. The van der Waals surface area contributed by atoms with Crippen molar-refractivity contribution in [3.05, 3.63) is 17.5 Å². The average Bonchev–Trinajstić information content (AvgIpc) is 2.45. The predicted octanol–water partition coefficient (Wildman–Crippen LogP) is 1.62. The van der Waals surface area contributed by atoms with Crippen molar-refractivity contribution in [2.75, 3.05) is 0 Å². The average molecular weight is 167 g/mol. The first-order valence-electron chi connectivity index (χ1n) is 4.48. The Morgan fingerprint density at radius 1 is 1.58 bits per heavy atom. The van der Waals surface area contributed by atoms with E-state index in [9.17, 15) is 0 Å². The summed E-state index contributed by atoms with van der Waals surface area (Å²) in [5.41, 5.74) is 8.29. The summed E-state index contributed by atoms with van der Waals surface area (Å²) in [4.78, 5) is 0. The lowest BCUT2D eigenvalue weighted by Gasteiger charge is -2.07. The summed E-state index contributed by atoms with van der Waals surface area (Å²) < 4.78 is 1.98. The number of aromatic nitrogens is 2. The summed E-state index contributed by atoms with van der Waals surface area (Å²) in [5, 5.41) is 4.24. The third-order valence-corrected chi connectivity index (χ3v) is 2.28. The van der Waals surface area contributed by atoms with E-state index in [4.69, 9.17) is 5.73 Å². The molecule has 0 saturated heterocycles. The molecule has 68 valence electrons. The first-order chi connectivity index (χ1) is 5.70. The minimum atomic E-state index is 0.144. The molecule has 0 radical (unpaired) electrons. The van der Waals surface area contributed by atoms with Crippen LogP contribution >= 0.6 is 0 Å². The predicted molar refractivity (Wildman–Crippen MR) is 49.9 cm³/mol. The number of nitrogens with two attached hydrogens (primary N) is 1. The highest BCUT2D eigenvalue weighted by atomic mass is 15.3. The smallest absolute Gasteiger partial charge is 0.0540 e. The van der Waals surface area contributed by atoms with E-state index in [1.807, 2.05) is 10.9 Å². The van der Waals surface area contributed by atoms with Crippen LogP contribution in [-0.2, 0) is 6.54 Å². The Labute approximate surface area is 73.6 Å². The monoisotopic (exact) mass is 167 g/mol. The van der Waals surface area contributed by atoms with Crippen molar-refractivity contribution in [2.24, 2.45) is 5.73 Å². The van der Waals surface area contributed by atoms with E-state index in [0.29, 0.717) is 0 Å². The van der Waals surface area contributed by atoms with E-state index >= 15 is 0 Å². The fraction of sp³-hybridized carbons (Fsp3) is 0.667. The molecule has 3 heteroatoms. The molecule has 3 nitrogen and oxygen atoms in total. The molecule has 1 aromatic heterocycles. The zero-order valence-corrected chi connectivity index (χ0v) is 8.04. The second kappa shape index (κ2) is 3.72. The lowest BCUT2D eigenvalue weighted by molar-refractivity contribution is 0.631. The van der Waals surface area contributed by atoms with Crippen LogP contribution in [0.3, 0.4) is 0 Å². The minimum absolute atomic E-state index is 0.144. The van der Waals surface area contributed by atoms with Gasteiger partial charge in [0.1, 0.15) is 0 Å². The molecule has 1 rings (SSSR count). The molecule has 0 aromatic carbocycles. The van der Waals surface area contributed by atoms with Crippen molar-refractivity contribution in [1.29, 1.82) is 0 Å². The van der Waals surface area contributed by atoms with E-state index in [1.54, 1.807) is 0 Å². The standard InChI is InChI=1S/C9H17N3/c1-4-9(10)8-6-11-12(5-2)7(8)3/h6,9H,4-5,10H2,1-3H3/t9-/m0/s1. The van der Waals surface area contributed by atoms with Gasteiger partial charge in [-0.1, -0.05) is 6.92 Å². The molecule has 1 heterocycles. The minimum Gasteiger partial charge on any atom is -0.324 e. The van der Waals surface area contributed by atoms with Gasteiger partial charge < -0.3 is 5.73 Å². The second-order valence-corrected chi connectivity index (χ2v) is 3.02. The van der Waals surface area contributed by atoms with Gasteiger partial charge in [0.15, 0.2) is 0 Å².